The summed E-state index contributed by atoms with van der Waals surface area (Å²) in [5.41, 5.74) is 0.123. The smallest absolute Gasteiger partial charge is 0.256 e. The number of ether oxygens (including phenoxy) is 1. The number of halogens is 2. The molecule has 0 spiro atoms. The van der Waals surface area contributed by atoms with Gasteiger partial charge in [-0.15, -0.1) is 0 Å². The van der Waals surface area contributed by atoms with E-state index in [1.165, 1.54) is 19.2 Å². The van der Waals surface area contributed by atoms with Crippen LogP contribution in [0.15, 0.2) is 18.2 Å². The van der Waals surface area contributed by atoms with Crippen LogP contribution in [-0.4, -0.2) is 36.3 Å². The van der Waals surface area contributed by atoms with E-state index >= 15 is 0 Å². The van der Waals surface area contributed by atoms with E-state index in [4.69, 9.17) is 4.74 Å². The summed E-state index contributed by atoms with van der Waals surface area (Å²) in [4.78, 5) is 14.0. The van der Waals surface area contributed by atoms with Gasteiger partial charge in [-0.1, -0.05) is 15.9 Å². The first-order valence-corrected chi connectivity index (χ1v) is 7.46. The second-order valence-corrected chi connectivity index (χ2v) is 5.38. The number of carbonyl (C=O) groups excluding carboxylic acids is 1. The molecule has 19 heavy (non-hydrogen) atoms. The predicted molar refractivity (Wildman–Crippen MR) is 75.4 cm³/mol. The maximum atomic E-state index is 13.9. The van der Waals surface area contributed by atoms with Gasteiger partial charge in [0.15, 0.2) is 0 Å². The Hall–Kier alpha value is -1.10. The second kappa shape index (κ2) is 6.37. The van der Waals surface area contributed by atoms with Crippen molar-refractivity contribution < 1.29 is 13.9 Å². The van der Waals surface area contributed by atoms with Gasteiger partial charge in [0.05, 0.1) is 12.7 Å². The molecule has 0 bridgehead atoms. The molecule has 0 atom stereocenters. The minimum absolute atomic E-state index is 0.123. The Kier molecular flexibility index (Phi) is 4.80. The number of rotatable bonds is 3. The van der Waals surface area contributed by atoms with E-state index in [1.807, 2.05) is 0 Å². The van der Waals surface area contributed by atoms with Gasteiger partial charge in [0.25, 0.3) is 5.91 Å². The van der Waals surface area contributed by atoms with Crippen molar-refractivity contribution in [2.75, 3.05) is 25.5 Å². The van der Waals surface area contributed by atoms with Crippen molar-refractivity contribution in [3.05, 3.63) is 29.6 Å². The van der Waals surface area contributed by atoms with E-state index in [-0.39, 0.29) is 11.5 Å². The minimum atomic E-state index is -0.521. The van der Waals surface area contributed by atoms with E-state index < -0.39 is 5.82 Å². The van der Waals surface area contributed by atoms with Gasteiger partial charge in [0, 0.05) is 24.5 Å². The molecule has 1 fully saturated rings. The highest BCUT2D eigenvalue weighted by molar-refractivity contribution is 9.09. The monoisotopic (exact) mass is 329 g/mol. The average Bonchev–Trinajstić information content (AvgIpc) is 2.46. The fraction of sp³-hybridized carbons (Fsp3) is 0.500. The number of likely N-dealkylation sites (tertiary alicyclic amines) is 1. The third-order valence-electron chi connectivity index (χ3n) is 3.53. The summed E-state index contributed by atoms with van der Waals surface area (Å²) in [7, 11) is 1.47. The first-order chi connectivity index (χ1) is 9.15. The van der Waals surface area contributed by atoms with Crippen LogP contribution in [0.4, 0.5) is 4.39 Å². The largest absolute Gasteiger partial charge is 0.497 e. The van der Waals surface area contributed by atoms with Gasteiger partial charge in [-0.2, -0.15) is 0 Å². The van der Waals surface area contributed by atoms with Gasteiger partial charge in [0.2, 0.25) is 0 Å². The molecule has 1 saturated heterocycles. The molecular weight excluding hydrogens is 313 g/mol. The Labute approximate surface area is 120 Å². The molecule has 1 aromatic carbocycles. The molecule has 0 N–H and O–H groups in total. The maximum absolute atomic E-state index is 13.9. The Balaban J connectivity index is 2.08. The van der Waals surface area contributed by atoms with Crippen molar-refractivity contribution in [1.29, 1.82) is 0 Å². The molecule has 0 saturated carbocycles. The number of carbonyl (C=O) groups is 1. The van der Waals surface area contributed by atoms with E-state index in [0.29, 0.717) is 24.8 Å². The third kappa shape index (κ3) is 3.26. The van der Waals surface area contributed by atoms with Crippen molar-refractivity contribution in [3.8, 4) is 5.75 Å². The summed E-state index contributed by atoms with van der Waals surface area (Å²) in [5.74, 6) is 0.289. The van der Waals surface area contributed by atoms with E-state index in [1.54, 1.807) is 11.0 Å². The lowest BCUT2D eigenvalue weighted by molar-refractivity contribution is 0.0694. The molecule has 1 heterocycles. The lowest BCUT2D eigenvalue weighted by atomic mass is 9.98. The summed E-state index contributed by atoms with van der Waals surface area (Å²) >= 11 is 3.46. The summed E-state index contributed by atoms with van der Waals surface area (Å²) in [6.45, 7) is 1.39. The summed E-state index contributed by atoms with van der Waals surface area (Å²) < 4.78 is 18.8. The van der Waals surface area contributed by atoms with E-state index in [2.05, 4.69) is 15.9 Å². The highest BCUT2D eigenvalue weighted by atomic mass is 79.9. The summed E-state index contributed by atoms with van der Waals surface area (Å²) in [5, 5.41) is 0.964. The van der Waals surface area contributed by atoms with Crippen molar-refractivity contribution in [2.45, 2.75) is 12.8 Å². The molecule has 3 nitrogen and oxygen atoms in total. The molecule has 0 radical (unpaired) electrons. The predicted octanol–water partition coefficient (Wildman–Crippen LogP) is 3.08. The highest BCUT2D eigenvalue weighted by Gasteiger charge is 2.24. The summed E-state index contributed by atoms with van der Waals surface area (Å²) in [6.07, 6.45) is 1.93. The van der Waals surface area contributed by atoms with E-state index in [0.717, 1.165) is 18.2 Å². The number of piperidine rings is 1. The van der Waals surface area contributed by atoms with Gasteiger partial charge in [-0.05, 0) is 30.9 Å². The zero-order valence-corrected chi connectivity index (χ0v) is 12.5. The first-order valence-electron chi connectivity index (χ1n) is 6.34. The maximum Gasteiger partial charge on any atom is 0.256 e. The van der Waals surface area contributed by atoms with Crippen LogP contribution in [0.3, 0.4) is 0 Å². The van der Waals surface area contributed by atoms with Crippen LogP contribution in [0.5, 0.6) is 5.75 Å². The zero-order chi connectivity index (χ0) is 13.8. The van der Waals surface area contributed by atoms with E-state index in [9.17, 15) is 9.18 Å². The summed E-state index contributed by atoms with van der Waals surface area (Å²) in [6, 6.07) is 4.35. The van der Waals surface area contributed by atoms with Crippen LogP contribution in [0.25, 0.3) is 0 Å². The first kappa shape index (κ1) is 14.3. The average molecular weight is 330 g/mol. The number of benzene rings is 1. The quantitative estimate of drug-likeness (QED) is 0.797. The SMILES string of the molecule is COc1ccc(C(=O)N2CCC(CBr)CC2)c(F)c1. The van der Waals surface area contributed by atoms with Gasteiger partial charge in [0.1, 0.15) is 11.6 Å². The molecule has 1 aliphatic rings. The number of hydrogen-bond acceptors (Lipinski definition) is 2. The van der Waals surface area contributed by atoms with Crippen molar-refractivity contribution >= 4 is 21.8 Å². The molecule has 1 amide bonds. The molecule has 0 aliphatic carbocycles. The van der Waals surface area contributed by atoms with Crippen molar-refractivity contribution in [1.82, 2.24) is 4.90 Å². The van der Waals surface area contributed by atoms with Gasteiger partial charge in [-0.25, -0.2) is 4.39 Å². The lowest BCUT2D eigenvalue weighted by Gasteiger charge is -2.31. The number of methoxy groups -OCH3 is 1. The topological polar surface area (TPSA) is 29.5 Å². The van der Waals surface area contributed by atoms with Crippen LogP contribution in [0, 0.1) is 11.7 Å². The molecule has 104 valence electrons. The second-order valence-electron chi connectivity index (χ2n) is 4.74. The van der Waals surface area contributed by atoms with Gasteiger partial charge < -0.3 is 9.64 Å². The van der Waals surface area contributed by atoms with Crippen LogP contribution in [0.2, 0.25) is 0 Å². The molecular formula is C14H17BrFNO2. The Bertz CT molecular complexity index is 459. The van der Waals surface area contributed by atoms with Gasteiger partial charge in [-0.3, -0.25) is 4.79 Å². The van der Waals surface area contributed by atoms with Crippen LogP contribution in [-0.2, 0) is 0 Å². The molecule has 1 aromatic rings. The third-order valence-corrected chi connectivity index (χ3v) is 4.44. The number of nitrogens with zero attached hydrogens (tertiary/aromatic N) is 1. The molecule has 0 aromatic heterocycles. The molecule has 1 aliphatic heterocycles. The zero-order valence-electron chi connectivity index (χ0n) is 10.9. The van der Waals surface area contributed by atoms with Crippen LogP contribution < -0.4 is 4.74 Å². The number of hydrogen-bond donors (Lipinski definition) is 0. The Morgan fingerprint density at radius 3 is 2.68 bits per heavy atom. The van der Waals surface area contributed by atoms with Crippen LogP contribution >= 0.6 is 15.9 Å². The molecule has 2 rings (SSSR count). The molecule has 5 heteroatoms. The number of alkyl halides is 1. The lowest BCUT2D eigenvalue weighted by Crippen LogP contribution is -2.39. The fourth-order valence-electron chi connectivity index (χ4n) is 2.26. The molecule has 0 unspecified atom stereocenters. The number of amides is 1. The standard InChI is InChI=1S/C14H17BrFNO2/c1-19-11-2-3-12(13(16)8-11)14(18)17-6-4-10(9-15)5-7-17/h2-3,8,10H,4-7,9H2,1H3. The van der Waals surface area contributed by atoms with Crippen LogP contribution in [0.1, 0.15) is 23.2 Å². The fourth-order valence-corrected chi connectivity index (χ4v) is 2.90. The van der Waals surface area contributed by atoms with Crippen molar-refractivity contribution in [2.24, 2.45) is 5.92 Å². The Morgan fingerprint density at radius 2 is 2.16 bits per heavy atom. The van der Waals surface area contributed by atoms with Crippen molar-refractivity contribution in [3.63, 3.8) is 0 Å². The van der Waals surface area contributed by atoms with Gasteiger partial charge >= 0.3 is 0 Å². The highest BCUT2D eigenvalue weighted by Crippen LogP contribution is 2.23. The normalized spacial score (nSPS) is 16.5. The minimum Gasteiger partial charge on any atom is -0.497 e. The Morgan fingerprint density at radius 1 is 1.47 bits per heavy atom.